The highest BCUT2D eigenvalue weighted by Crippen LogP contribution is 2.32. The summed E-state index contributed by atoms with van der Waals surface area (Å²) in [5, 5.41) is 2.68. The Morgan fingerprint density at radius 1 is 1.04 bits per heavy atom. The van der Waals surface area contributed by atoms with E-state index >= 15 is 0 Å². The van der Waals surface area contributed by atoms with Crippen LogP contribution in [0.4, 0.5) is 5.69 Å². The van der Waals surface area contributed by atoms with Crippen molar-refractivity contribution in [3.05, 3.63) is 42.5 Å². The Balaban J connectivity index is 1.47. The van der Waals surface area contributed by atoms with Crippen LogP contribution in [-0.4, -0.2) is 44.9 Å². The third-order valence-corrected chi connectivity index (χ3v) is 3.90. The highest BCUT2D eigenvalue weighted by atomic mass is 16.6. The number of benzene rings is 2. The van der Waals surface area contributed by atoms with Crippen LogP contribution in [0.1, 0.15) is 6.92 Å². The molecule has 2 aromatic carbocycles. The Labute approximate surface area is 162 Å². The van der Waals surface area contributed by atoms with Crippen LogP contribution in [0.5, 0.6) is 23.0 Å². The van der Waals surface area contributed by atoms with E-state index in [1.165, 1.54) is 6.92 Å². The molecule has 1 atom stereocenters. The third kappa shape index (κ3) is 5.06. The Hall–Kier alpha value is -3.42. The second-order valence-corrected chi connectivity index (χ2v) is 5.94. The summed E-state index contributed by atoms with van der Waals surface area (Å²) in [6.45, 7) is 2.11. The van der Waals surface area contributed by atoms with Gasteiger partial charge in [-0.1, -0.05) is 0 Å². The number of carbonyl (C=O) groups excluding carboxylic acids is 2. The maximum Gasteiger partial charge on any atom is 0.344 e. The van der Waals surface area contributed by atoms with Crippen LogP contribution in [0.15, 0.2) is 42.5 Å². The van der Waals surface area contributed by atoms with Gasteiger partial charge in [0.05, 0.1) is 7.11 Å². The molecule has 3 rings (SSSR count). The first-order chi connectivity index (χ1) is 13.5. The second-order valence-electron chi connectivity index (χ2n) is 5.94. The molecule has 0 fully saturated rings. The highest BCUT2D eigenvalue weighted by Gasteiger charge is 2.19. The number of amides is 1. The van der Waals surface area contributed by atoms with Crippen LogP contribution >= 0.6 is 0 Å². The number of hydrogen-bond donors (Lipinski definition) is 1. The van der Waals surface area contributed by atoms with Crippen LogP contribution in [0, 0.1) is 0 Å². The first-order valence-electron chi connectivity index (χ1n) is 8.72. The van der Waals surface area contributed by atoms with Gasteiger partial charge in [0.25, 0.3) is 5.91 Å². The van der Waals surface area contributed by atoms with Crippen LogP contribution in [0.2, 0.25) is 0 Å². The van der Waals surface area contributed by atoms with Crippen molar-refractivity contribution >= 4 is 17.6 Å². The van der Waals surface area contributed by atoms with E-state index in [-0.39, 0.29) is 6.61 Å². The molecule has 1 N–H and O–H groups in total. The summed E-state index contributed by atoms with van der Waals surface area (Å²) in [7, 11) is 1.56. The number of hydrogen-bond acceptors (Lipinski definition) is 7. The van der Waals surface area contributed by atoms with E-state index in [0.717, 1.165) is 0 Å². The molecular weight excluding hydrogens is 366 g/mol. The monoisotopic (exact) mass is 387 g/mol. The van der Waals surface area contributed by atoms with E-state index in [0.29, 0.717) is 41.9 Å². The summed E-state index contributed by atoms with van der Waals surface area (Å²) >= 11 is 0. The smallest absolute Gasteiger partial charge is 0.344 e. The molecule has 1 aliphatic heterocycles. The number of ether oxygens (including phenoxy) is 5. The van der Waals surface area contributed by atoms with Crippen LogP contribution in [-0.2, 0) is 14.3 Å². The fraction of sp³-hybridized carbons (Fsp3) is 0.300. The molecule has 0 bridgehead atoms. The Morgan fingerprint density at radius 2 is 1.71 bits per heavy atom. The van der Waals surface area contributed by atoms with Crippen molar-refractivity contribution in [2.75, 3.05) is 32.2 Å². The summed E-state index contributed by atoms with van der Waals surface area (Å²) in [4.78, 5) is 24.2. The van der Waals surface area contributed by atoms with Crippen molar-refractivity contribution in [1.82, 2.24) is 0 Å². The van der Waals surface area contributed by atoms with Gasteiger partial charge in [-0.15, -0.1) is 0 Å². The minimum Gasteiger partial charge on any atom is -0.497 e. The normalized spacial score (nSPS) is 13.2. The van der Waals surface area contributed by atoms with Gasteiger partial charge in [-0.2, -0.15) is 0 Å². The number of nitrogens with one attached hydrogen (secondary N) is 1. The first kappa shape index (κ1) is 19.3. The van der Waals surface area contributed by atoms with Gasteiger partial charge in [0, 0.05) is 11.8 Å². The fourth-order valence-electron chi connectivity index (χ4n) is 2.46. The van der Waals surface area contributed by atoms with E-state index in [1.807, 2.05) is 0 Å². The maximum atomic E-state index is 12.2. The average molecular weight is 387 g/mol. The predicted octanol–water partition coefficient (Wildman–Crippen LogP) is 2.42. The van der Waals surface area contributed by atoms with Gasteiger partial charge in [0.15, 0.2) is 24.2 Å². The summed E-state index contributed by atoms with van der Waals surface area (Å²) in [5.41, 5.74) is 0.520. The topological polar surface area (TPSA) is 92.3 Å². The zero-order chi connectivity index (χ0) is 19.9. The third-order valence-electron chi connectivity index (χ3n) is 3.90. The molecule has 1 heterocycles. The maximum absolute atomic E-state index is 12.2. The number of esters is 1. The van der Waals surface area contributed by atoms with E-state index in [4.69, 9.17) is 23.7 Å². The van der Waals surface area contributed by atoms with E-state index in [1.54, 1.807) is 49.6 Å². The van der Waals surface area contributed by atoms with Crippen molar-refractivity contribution in [2.45, 2.75) is 13.0 Å². The SMILES string of the molecule is COc1ccc(OCC(=O)O[C@H](C)C(=O)Nc2ccc3c(c2)OCCO3)cc1. The lowest BCUT2D eigenvalue weighted by Crippen LogP contribution is -2.31. The molecule has 0 spiro atoms. The van der Waals surface area contributed by atoms with Crippen LogP contribution in [0.3, 0.4) is 0 Å². The molecule has 1 aliphatic rings. The molecule has 0 radical (unpaired) electrons. The number of rotatable bonds is 7. The number of methoxy groups -OCH3 is 1. The van der Waals surface area contributed by atoms with Gasteiger partial charge in [0.2, 0.25) is 0 Å². The minimum atomic E-state index is -0.986. The Kier molecular flexibility index (Phi) is 6.21. The molecule has 28 heavy (non-hydrogen) atoms. The Bertz CT molecular complexity index is 835. The zero-order valence-electron chi connectivity index (χ0n) is 15.6. The van der Waals surface area contributed by atoms with E-state index in [2.05, 4.69) is 5.32 Å². The summed E-state index contributed by atoms with van der Waals surface area (Å²) < 4.78 is 26.4. The zero-order valence-corrected chi connectivity index (χ0v) is 15.6. The number of fused-ring (bicyclic) bond motifs is 1. The van der Waals surface area contributed by atoms with Gasteiger partial charge in [-0.3, -0.25) is 4.79 Å². The largest absolute Gasteiger partial charge is 0.497 e. The van der Waals surface area contributed by atoms with Gasteiger partial charge in [-0.05, 0) is 43.3 Å². The minimum absolute atomic E-state index is 0.312. The lowest BCUT2D eigenvalue weighted by Gasteiger charge is -2.19. The van der Waals surface area contributed by atoms with Gasteiger partial charge < -0.3 is 29.0 Å². The molecule has 0 saturated heterocycles. The fourth-order valence-corrected chi connectivity index (χ4v) is 2.46. The molecule has 148 valence electrons. The van der Waals surface area contributed by atoms with Crippen molar-refractivity contribution < 1.29 is 33.3 Å². The predicted molar refractivity (Wildman–Crippen MR) is 100 cm³/mol. The summed E-state index contributed by atoms with van der Waals surface area (Å²) in [6, 6.07) is 11.8. The Morgan fingerprint density at radius 3 is 2.43 bits per heavy atom. The van der Waals surface area contributed by atoms with Crippen molar-refractivity contribution in [3.8, 4) is 23.0 Å². The molecule has 8 nitrogen and oxygen atoms in total. The number of carbonyl (C=O) groups is 2. The molecule has 0 aromatic heterocycles. The summed E-state index contributed by atoms with van der Waals surface area (Å²) in [6.07, 6.45) is -0.986. The average Bonchev–Trinajstić information content (AvgIpc) is 2.72. The molecule has 0 unspecified atom stereocenters. The molecular formula is C20H21NO7. The first-order valence-corrected chi connectivity index (χ1v) is 8.72. The van der Waals surface area contributed by atoms with Crippen molar-refractivity contribution in [1.29, 1.82) is 0 Å². The number of anilines is 1. The molecule has 2 aromatic rings. The van der Waals surface area contributed by atoms with Gasteiger partial charge >= 0.3 is 5.97 Å². The highest BCUT2D eigenvalue weighted by molar-refractivity contribution is 5.95. The second kappa shape index (κ2) is 8.98. The quantitative estimate of drug-likeness (QED) is 0.730. The molecule has 0 aliphatic carbocycles. The molecule has 1 amide bonds. The van der Waals surface area contributed by atoms with Crippen molar-refractivity contribution in [2.24, 2.45) is 0 Å². The van der Waals surface area contributed by atoms with Crippen LogP contribution < -0.4 is 24.3 Å². The lowest BCUT2D eigenvalue weighted by molar-refractivity contribution is -0.155. The lowest BCUT2D eigenvalue weighted by atomic mass is 10.2. The molecule has 8 heteroatoms. The van der Waals surface area contributed by atoms with Gasteiger partial charge in [0.1, 0.15) is 24.7 Å². The molecule has 0 saturated carbocycles. The van der Waals surface area contributed by atoms with Gasteiger partial charge in [-0.25, -0.2) is 4.79 Å². The van der Waals surface area contributed by atoms with Crippen LogP contribution in [0.25, 0.3) is 0 Å². The summed E-state index contributed by atoms with van der Waals surface area (Å²) in [5.74, 6) is 1.24. The van der Waals surface area contributed by atoms with E-state index in [9.17, 15) is 9.59 Å². The standard InChI is InChI=1S/C20H21NO7/c1-13(28-19(22)12-27-16-6-4-15(24-2)5-7-16)20(23)21-14-3-8-17-18(11-14)26-10-9-25-17/h3-8,11,13H,9-10,12H2,1-2H3,(H,21,23)/t13-/m1/s1. The van der Waals surface area contributed by atoms with E-state index < -0.39 is 18.0 Å². The van der Waals surface area contributed by atoms with Crippen molar-refractivity contribution in [3.63, 3.8) is 0 Å².